The molecule has 2 nitrogen and oxygen atoms in total. The number of nitriles is 1. The van der Waals surface area contributed by atoms with E-state index in [2.05, 4.69) is 71.6 Å². The molecule has 1 fully saturated rings. The molecule has 2 aromatic rings. The van der Waals surface area contributed by atoms with Gasteiger partial charge in [-0.1, -0.05) is 73.5 Å². The molecule has 118 valence electrons. The van der Waals surface area contributed by atoms with Crippen molar-refractivity contribution in [3.63, 3.8) is 0 Å². The van der Waals surface area contributed by atoms with Gasteiger partial charge >= 0.3 is 0 Å². The van der Waals surface area contributed by atoms with E-state index in [9.17, 15) is 5.26 Å². The maximum absolute atomic E-state index is 9.57. The molecular weight excluding hydrogens is 280 g/mol. The first-order valence-corrected chi connectivity index (χ1v) is 8.58. The number of benzene rings is 2. The summed E-state index contributed by atoms with van der Waals surface area (Å²) in [6.45, 7) is 1.83. The van der Waals surface area contributed by atoms with E-state index < -0.39 is 0 Å². The van der Waals surface area contributed by atoms with Crippen LogP contribution in [0, 0.1) is 17.2 Å². The first kappa shape index (κ1) is 15.8. The summed E-state index contributed by atoms with van der Waals surface area (Å²) >= 11 is 0. The molecule has 23 heavy (non-hydrogen) atoms. The van der Waals surface area contributed by atoms with Gasteiger partial charge in [-0.15, -0.1) is 0 Å². The van der Waals surface area contributed by atoms with Gasteiger partial charge in [-0.05, 0) is 24.0 Å². The molecule has 1 saturated carbocycles. The molecule has 0 aromatic heterocycles. The summed E-state index contributed by atoms with van der Waals surface area (Å²) < 4.78 is 0. The summed E-state index contributed by atoms with van der Waals surface area (Å²) in [4.78, 5) is 2.51. The predicted octanol–water partition coefficient (Wildman–Crippen LogP) is 4.77. The SMILES string of the molecule is N#C[C@@H]1CCCC[C@H]1N(Cc1ccccc1)Cc1ccccc1. The molecule has 2 atom stereocenters. The molecule has 1 aliphatic rings. The Labute approximate surface area is 139 Å². The van der Waals surface area contributed by atoms with E-state index in [-0.39, 0.29) is 5.92 Å². The minimum Gasteiger partial charge on any atom is -0.291 e. The van der Waals surface area contributed by atoms with E-state index in [1.165, 1.54) is 24.0 Å². The van der Waals surface area contributed by atoms with Crippen molar-refractivity contribution in [1.29, 1.82) is 5.26 Å². The molecule has 0 unspecified atom stereocenters. The second kappa shape index (κ2) is 7.94. The summed E-state index contributed by atoms with van der Waals surface area (Å²) in [5.74, 6) is 0.163. The van der Waals surface area contributed by atoms with Crippen molar-refractivity contribution in [2.75, 3.05) is 0 Å². The van der Waals surface area contributed by atoms with Crippen molar-refractivity contribution in [1.82, 2.24) is 4.90 Å². The fourth-order valence-corrected chi connectivity index (χ4v) is 3.63. The summed E-state index contributed by atoms with van der Waals surface area (Å²) in [7, 11) is 0. The third-order valence-electron chi connectivity index (χ3n) is 4.82. The topological polar surface area (TPSA) is 27.0 Å². The maximum Gasteiger partial charge on any atom is 0.0672 e. The number of hydrogen-bond donors (Lipinski definition) is 0. The Balaban J connectivity index is 1.81. The zero-order chi connectivity index (χ0) is 15.9. The molecule has 0 aliphatic heterocycles. The lowest BCUT2D eigenvalue weighted by Gasteiger charge is -2.37. The highest BCUT2D eigenvalue weighted by Gasteiger charge is 2.30. The molecular formula is C21H24N2. The number of nitrogens with zero attached hydrogens (tertiary/aromatic N) is 2. The average molecular weight is 304 g/mol. The van der Waals surface area contributed by atoms with Crippen LogP contribution in [0.2, 0.25) is 0 Å². The average Bonchev–Trinajstić information content (AvgIpc) is 2.63. The third-order valence-corrected chi connectivity index (χ3v) is 4.82. The van der Waals surface area contributed by atoms with Crippen LogP contribution in [0.25, 0.3) is 0 Å². The van der Waals surface area contributed by atoms with Gasteiger partial charge in [0.05, 0.1) is 12.0 Å². The van der Waals surface area contributed by atoms with Gasteiger partial charge in [0.1, 0.15) is 0 Å². The Morgan fingerprint density at radius 3 is 1.87 bits per heavy atom. The van der Waals surface area contributed by atoms with Crippen LogP contribution >= 0.6 is 0 Å². The quantitative estimate of drug-likeness (QED) is 0.795. The number of rotatable bonds is 5. The summed E-state index contributed by atoms with van der Waals surface area (Å²) in [5, 5.41) is 9.57. The molecule has 2 heteroatoms. The second-order valence-corrected chi connectivity index (χ2v) is 6.46. The van der Waals surface area contributed by atoms with Gasteiger partial charge in [-0.3, -0.25) is 4.90 Å². The molecule has 0 spiro atoms. The molecule has 3 rings (SSSR count). The van der Waals surface area contributed by atoms with Gasteiger partial charge < -0.3 is 0 Å². The lowest BCUT2D eigenvalue weighted by Crippen LogP contribution is -2.41. The molecule has 0 radical (unpaired) electrons. The van der Waals surface area contributed by atoms with Crippen molar-refractivity contribution in [3.05, 3.63) is 71.8 Å². The lowest BCUT2D eigenvalue weighted by atomic mass is 9.84. The molecule has 1 aliphatic carbocycles. The highest BCUT2D eigenvalue weighted by molar-refractivity contribution is 5.18. The van der Waals surface area contributed by atoms with E-state index >= 15 is 0 Å². The summed E-state index contributed by atoms with van der Waals surface area (Å²) in [6, 6.07) is 24.2. The monoisotopic (exact) mass is 304 g/mol. The van der Waals surface area contributed by atoms with Crippen LogP contribution < -0.4 is 0 Å². The van der Waals surface area contributed by atoms with E-state index in [1.54, 1.807) is 0 Å². The summed E-state index contributed by atoms with van der Waals surface area (Å²) in [6.07, 6.45) is 4.61. The zero-order valence-corrected chi connectivity index (χ0v) is 13.6. The normalized spacial score (nSPS) is 21.0. The maximum atomic E-state index is 9.57. The van der Waals surface area contributed by atoms with Gasteiger partial charge in [-0.2, -0.15) is 5.26 Å². The van der Waals surface area contributed by atoms with Crippen LogP contribution in [0.4, 0.5) is 0 Å². The minimum atomic E-state index is 0.163. The fraction of sp³-hybridized carbons (Fsp3) is 0.381. The van der Waals surface area contributed by atoms with Crippen LogP contribution in [0.5, 0.6) is 0 Å². The van der Waals surface area contributed by atoms with E-state index in [1.807, 2.05) is 0 Å². The van der Waals surface area contributed by atoms with Crippen molar-refractivity contribution < 1.29 is 0 Å². The molecule has 0 N–H and O–H groups in total. The Hall–Kier alpha value is -2.11. The van der Waals surface area contributed by atoms with Gasteiger partial charge in [0.2, 0.25) is 0 Å². The van der Waals surface area contributed by atoms with Crippen LogP contribution in [0.3, 0.4) is 0 Å². The zero-order valence-electron chi connectivity index (χ0n) is 13.6. The standard InChI is InChI=1S/C21H24N2/c22-15-20-13-7-8-14-21(20)23(16-18-9-3-1-4-10-18)17-19-11-5-2-6-12-19/h1-6,9-12,20-21H,7-8,13-14,16-17H2/t20-,21+/m0/s1. The van der Waals surface area contributed by atoms with Gasteiger partial charge in [0.25, 0.3) is 0 Å². The third kappa shape index (κ3) is 4.21. The minimum absolute atomic E-state index is 0.163. The van der Waals surface area contributed by atoms with Crippen LogP contribution in [0.15, 0.2) is 60.7 Å². The molecule has 2 aromatic carbocycles. The van der Waals surface area contributed by atoms with E-state index in [4.69, 9.17) is 0 Å². The van der Waals surface area contributed by atoms with Crippen LogP contribution in [-0.2, 0) is 13.1 Å². The highest BCUT2D eigenvalue weighted by atomic mass is 15.2. The highest BCUT2D eigenvalue weighted by Crippen LogP contribution is 2.30. The van der Waals surface area contributed by atoms with Gasteiger partial charge in [0.15, 0.2) is 0 Å². The predicted molar refractivity (Wildman–Crippen MR) is 93.5 cm³/mol. The molecule has 0 heterocycles. The largest absolute Gasteiger partial charge is 0.291 e. The van der Waals surface area contributed by atoms with Crippen molar-refractivity contribution >= 4 is 0 Å². The smallest absolute Gasteiger partial charge is 0.0672 e. The van der Waals surface area contributed by atoms with Crippen molar-refractivity contribution in [3.8, 4) is 6.07 Å². The van der Waals surface area contributed by atoms with Crippen LogP contribution in [-0.4, -0.2) is 10.9 Å². The fourth-order valence-electron chi connectivity index (χ4n) is 3.63. The number of hydrogen-bond acceptors (Lipinski definition) is 2. The van der Waals surface area contributed by atoms with E-state index in [0.717, 1.165) is 25.9 Å². The molecule has 0 saturated heterocycles. The summed E-state index contributed by atoms with van der Waals surface area (Å²) in [5.41, 5.74) is 2.65. The van der Waals surface area contributed by atoms with Gasteiger partial charge in [-0.25, -0.2) is 0 Å². The van der Waals surface area contributed by atoms with Crippen molar-refractivity contribution in [2.24, 2.45) is 5.92 Å². The molecule has 0 amide bonds. The Kier molecular flexibility index (Phi) is 5.45. The first-order chi connectivity index (χ1) is 11.4. The van der Waals surface area contributed by atoms with E-state index in [0.29, 0.717) is 6.04 Å². The Morgan fingerprint density at radius 1 is 0.826 bits per heavy atom. The first-order valence-electron chi connectivity index (χ1n) is 8.58. The lowest BCUT2D eigenvalue weighted by molar-refractivity contribution is 0.112. The van der Waals surface area contributed by atoms with Gasteiger partial charge in [0, 0.05) is 19.1 Å². The van der Waals surface area contributed by atoms with Crippen LogP contribution in [0.1, 0.15) is 36.8 Å². The molecule has 0 bridgehead atoms. The Bertz CT molecular complexity index is 588. The van der Waals surface area contributed by atoms with Crippen molar-refractivity contribution in [2.45, 2.75) is 44.8 Å². The Morgan fingerprint density at radius 2 is 1.35 bits per heavy atom. The second-order valence-electron chi connectivity index (χ2n) is 6.46.